The van der Waals surface area contributed by atoms with Crippen molar-refractivity contribution in [2.75, 3.05) is 18.1 Å². The van der Waals surface area contributed by atoms with Gasteiger partial charge in [-0.15, -0.1) is 0 Å². The van der Waals surface area contributed by atoms with Crippen molar-refractivity contribution in [1.82, 2.24) is 0 Å². The predicted octanol–water partition coefficient (Wildman–Crippen LogP) is 2.20. The van der Waals surface area contributed by atoms with Crippen molar-refractivity contribution in [2.45, 2.75) is 45.2 Å². The molecule has 1 aromatic rings. The van der Waals surface area contributed by atoms with E-state index in [4.69, 9.17) is 10.8 Å². The summed E-state index contributed by atoms with van der Waals surface area (Å²) in [7, 11) is 0. The Balaban J connectivity index is 2.18. The van der Waals surface area contributed by atoms with Crippen LogP contribution in [0.1, 0.15) is 36.8 Å². The van der Waals surface area contributed by atoms with Gasteiger partial charge in [-0.05, 0) is 49.8 Å². The molecule has 18 heavy (non-hydrogen) atoms. The Bertz CT molecular complexity index is 388. The van der Waals surface area contributed by atoms with Crippen LogP contribution >= 0.6 is 0 Å². The number of aliphatic hydroxyl groups excluding tert-OH is 1. The van der Waals surface area contributed by atoms with E-state index in [9.17, 15) is 0 Å². The first-order chi connectivity index (χ1) is 8.76. The fraction of sp³-hybridized carbons (Fsp3) is 0.600. The van der Waals surface area contributed by atoms with Gasteiger partial charge in [0.25, 0.3) is 0 Å². The van der Waals surface area contributed by atoms with E-state index in [1.807, 2.05) is 0 Å². The highest BCUT2D eigenvalue weighted by Crippen LogP contribution is 2.32. The topological polar surface area (TPSA) is 49.5 Å². The highest BCUT2D eigenvalue weighted by atomic mass is 16.3. The number of rotatable bonds is 6. The van der Waals surface area contributed by atoms with E-state index in [0.717, 1.165) is 13.0 Å². The highest BCUT2D eigenvalue weighted by Gasteiger charge is 2.25. The molecule has 1 fully saturated rings. The minimum absolute atomic E-state index is 0.267. The van der Waals surface area contributed by atoms with Gasteiger partial charge in [0.2, 0.25) is 0 Å². The van der Waals surface area contributed by atoms with E-state index in [0.29, 0.717) is 12.6 Å². The fourth-order valence-corrected chi connectivity index (χ4v) is 2.61. The number of nitrogens with two attached hydrogens (primary N) is 1. The Morgan fingerprint density at radius 2 is 2.17 bits per heavy atom. The van der Waals surface area contributed by atoms with Gasteiger partial charge in [-0.25, -0.2) is 0 Å². The maximum absolute atomic E-state index is 9.04. The van der Waals surface area contributed by atoms with E-state index >= 15 is 0 Å². The molecule has 0 saturated heterocycles. The normalized spacial score (nSPS) is 15.5. The maximum Gasteiger partial charge on any atom is 0.0447 e. The molecule has 1 aliphatic carbocycles. The molecule has 2 rings (SSSR count). The van der Waals surface area contributed by atoms with Gasteiger partial charge in [-0.1, -0.05) is 12.1 Å². The molecule has 0 atom stereocenters. The van der Waals surface area contributed by atoms with Gasteiger partial charge >= 0.3 is 0 Å². The van der Waals surface area contributed by atoms with Crippen molar-refractivity contribution in [2.24, 2.45) is 5.73 Å². The first-order valence-corrected chi connectivity index (χ1v) is 6.93. The van der Waals surface area contributed by atoms with Crippen LogP contribution in [-0.4, -0.2) is 24.3 Å². The summed E-state index contributed by atoms with van der Waals surface area (Å²) in [6.07, 6.45) is 4.74. The minimum atomic E-state index is 0.267. The standard InChI is InChI=1S/C15H24N2O/c1-12-10-13(11-16)6-7-15(12)17(8-3-9-18)14-4-2-5-14/h6-7,10,14,18H,2-5,8-9,11,16H2,1H3. The molecule has 0 unspecified atom stereocenters. The van der Waals surface area contributed by atoms with Crippen LogP contribution < -0.4 is 10.6 Å². The quantitative estimate of drug-likeness (QED) is 0.811. The van der Waals surface area contributed by atoms with Crippen molar-refractivity contribution in [3.05, 3.63) is 29.3 Å². The molecule has 0 aliphatic heterocycles. The molecule has 0 radical (unpaired) electrons. The fourth-order valence-electron chi connectivity index (χ4n) is 2.61. The molecule has 3 N–H and O–H groups in total. The molecule has 0 amide bonds. The van der Waals surface area contributed by atoms with Crippen LogP contribution in [-0.2, 0) is 6.54 Å². The van der Waals surface area contributed by atoms with Crippen LogP contribution in [0.4, 0.5) is 5.69 Å². The van der Waals surface area contributed by atoms with Crippen LogP contribution in [0.25, 0.3) is 0 Å². The lowest BCUT2D eigenvalue weighted by Crippen LogP contribution is -2.41. The number of aryl methyl sites for hydroxylation is 1. The van der Waals surface area contributed by atoms with Crippen LogP contribution in [0.5, 0.6) is 0 Å². The average Bonchev–Trinajstić information content (AvgIpc) is 2.32. The lowest BCUT2D eigenvalue weighted by atomic mass is 9.90. The van der Waals surface area contributed by atoms with E-state index in [2.05, 4.69) is 30.0 Å². The van der Waals surface area contributed by atoms with Crippen LogP contribution in [0, 0.1) is 6.92 Å². The summed E-state index contributed by atoms with van der Waals surface area (Å²) in [5, 5.41) is 9.04. The smallest absolute Gasteiger partial charge is 0.0447 e. The molecule has 0 heterocycles. The number of nitrogens with zero attached hydrogens (tertiary/aromatic N) is 1. The zero-order chi connectivity index (χ0) is 13.0. The summed E-state index contributed by atoms with van der Waals surface area (Å²) in [6.45, 7) is 3.97. The molecule has 3 heteroatoms. The van der Waals surface area contributed by atoms with Gasteiger partial charge in [-0.2, -0.15) is 0 Å². The van der Waals surface area contributed by atoms with Gasteiger partial charge in [0, 0.05) is 31.4 Å². The van der Waals surface area contributed by atoms with E-state index in [1.54, 1.807) is 0 Å². The van der Waals surface area contributed by atoms with Crippen molar-refractivity contribution in [3.63, 3.8) is 0 Å². The molecular weight excluding hydrogens is 224 g/mol. The lowest BCUT2D eigenvalue weighted by Gasteiger charge is -2.40. The molecule has 1 aromatic carbocycles. The van der Waals surface area contributed by atoms with Crippen molar-refractivity contribution < 1.29 is 5.11 Å². The highest BCUT2D eigenvalue weighted by molar-refractivity contribution is 5.55. The van der Waals surface area contributed by atoms with Gasteiger partial charge in [0.05, 0.1) is 0 Å². The summed E-state index contributed by atoms with van der Waals surface area (Å²) in [4.78, 5) is 2.47. The van der Waals surface area contributed by atoms with E-state index < -0.39 is 0 Å². The molecule has 0 spiro atoms. The zero-order valence-corrected chi connectivity index (χ0v) is 11.2. The van der Waals surface area contributed by atoms with Gasteiger partial charge in [-0.3, -0.25) is 0 Å². The van der Waals surface area contributed by atoms with Crippen molar-refractivity contribution >= 4 is 5.69 Å². The first-order valence-electron chi connectivity index (χ1n) is 6.93. The van der Waals surface area contributed by atoms with E-state index in [1.165, 1.54) is 36.1 Å². The third-order valence-corrected chi connectivity index (χ3v) is 3.88. The van der Waals surface area contributed by atoms with Crippen LogP contribution in [0.2, 0.25) is 0 Å². The number of hydrogen-bond donors (Lipinski definition) is 2. The first kappa shape index (κ1) is 13.4. The summed E-state index contributed by atoms with van der Waals surface area (Å²) < 4.78 is 0. The average molecular weight is 248 g/mol. The summed E-state index contributed by atoms with van der Waals surface area (Å²) in [6, 6.07) is 7.15. The second-order valence-corrected chi connectivity index (χ2v) is 5.18. The number of hydrogen-bond acceptors (Lipinski definition) is 3. The van der Waals surface area contributed by atoms with E-state index in [-0.39, 0.29) is 6.61 Å². The second kappa shape index (κ2) is 6.21. The second-order valence-electron chi connectivity index (χ2n) is 5.18. The lowest BCUT2D eigenvalue weighted by molar-refractivity contribution is 0.283. The largest absolute Gasteiger partial charge is 0.396 e. The summed E-state index contributed by atoms with van der Waals surface area (Å²) in [5.74, 6) is 0. The zero-order valence-electron chi connectivity index (χ0n) is 11.2. The minimum Gasteiger partial charge on any atom is -0.396 e. The van der Waals surface area contributed by atoms with Crippen molar-refractivity contribution in [3.8, 4) is 0 Å². The molecule has 0 aromatic heterocycles. The molecular formula is C15H24N2O. The SMILES string of the molecule is Cc1cc(CN)ccc1N(CCCO)C1CCC1. The number of aliphatic hydroxyl groups is 1. The third kappa shape index (κ3) is 2.85. The molecule has 1 saturated carbocycles. The summed E-state index contributed by atoms with van der Waals surface area (Å²) >= 11 is 0. The molecule has 100 valence electrons. The Morgan fingerprint density at radius 3 is 2.67 bits per heavy atom. The van der Waals surface area contributed by atoms with Crippen LogP contribution in [0.3, 0.4) is 0 Å². The van der Waals surface area contributed by atoms with Crippen molar-refractivity contribution in [1.29, 1.82) is 0 Å². The molecule has 3 nitrogen and oxygen atoms in total. The number of anilines is 1. The Hall–Kier alpha value is -1.06. The van der Waals surface area contributed by atoms with Gasteiger partial charge < -0.3 is 15.7 Å². The monoisotopic (exact) mass is 248 g/mol. The Kier molecular flexibility index (Phi) is 4.61. The molecule has 0 bridgehead atoms. The van der Waals surface area contributed by atoms with Gasteiger partial charge in [0.15, 0.2) is 0 Å². The third-order valence-electron chi connectivity index (χ3n) is 3.88. The predicted molar refractivity (Wildman–Crippen MR) is 75.8 cm³/mol. The summed E-state index contributed by atoms with van der Waals surface area (Å²) in [5.41, 5.74) is 9.47. The Morgan fingerprint density at radius 1 is 1.39 bits per heavy atom. The van der Waals surface area contributed by atoms with Gasteiger partial charge in [0.1, 0.15) is 0 Å². The maximum atomic E-state index is 9.04. The Labute approximate surface area is 110 Å². The molecule has 1 aliphatic rings. The number of benzene rings is 1. The van der Waals surface area contributed by atoms with Crippen LogP contribution in [0.15, 0.2) is 18.2 Å².